The van der Waals surface area contributed by atoms with Gasteiger partial charge >= 0.3 is 0 Å². The summed E-state index contributed by atoms with van der Waals surface area (Å²) in [6.45, 7) is 0. The molecule has 0 radical (unpaired) electrons. The first-order chi connectivity index (χ1) is 12.5. The fraction of sp³-hybridized carbons (Fsp3) is 0.158. The highest BCUT2D eigenvalue weighted by molar-refractivity contribution is 6.32. The average molecular weight is 373 g/mol. The minimum atomic E-state index is -0.315. The highest BCUT2D eigenvalue weighted by atomic mass is 35.5. The van der Waals surface area contributed by atoms with Gasteiger partial charge in [0, 0.05) is 17.3 Å². The molecule has 2 N–H and O–H groups in total. The normalized spacial score (nSPS) is 10.6. The van der Waals surface area contributed by atoms with Crippen LogP contribution in [0.3, 0.4) is 0 Å². The van der Waals surface area contributed by atoms with Crippen LogP contribution < -0.4 is 20.3 Å². The molecule has 0 saturated heterocycles. The molecule has 0 unspecified atom stereocenters. The van der Waals surface area contributed by atoms with E-state index in [2.05, 4.69) is 10.3 Å². The number of pyridine rings is 1. The van der Waals surface area contributed by atoms with E-state index in [4.69, 9.17) is 21.1 Å². The quantitative estimate of drug-likeness (QED) is 0.719. The zero-order chi connectivity index (χ0) is 18.7. The van der Waals surface area contributed by atoms with Gasteiger partial charge in [0.15, 0.2) is 0 Å². The SMILES string of the molecule is COc1ccc2cc(CC(=O)Nc3ccc(OC)c(Cl)c3)c(=O)[nH]c2c1. The van der Waals surface area contributed by atoms with Gasteiger partial charge in [0.1, 0.15) is 11.5 Å². The second-order valence-electron chi connectivity index (χ2n) is 5.65. The highest BCUT2D eigenvalue weighted by Crippen LogP contribution is 2.27. The van der Waals surface area contributed by atoms with Crippen LogP contribution in [0.25, 0.3) is 10.9 Å². The Labute approximate surface area is 154 Å². The third-order valence-electron chi connectivity index (χ3n) is 3.92. The summed E-state index contributed by atoms with van der Waals surface area (Å²) in [4.78, 5) is 27.3. The van der Waals surface area contributed by atoms with E-state index in [0.717, 1.165) is 5.39 Å². The number of anilines is 1. The van der Waals surface area contributed by atoms with Crippen LogP contribution in [-0.4, -0.2) is 25.1 Å². The molecule has 134 valence electrons. The lowest BCUT2D eigenvalue weighted by molar-refractivity contribution is -0.115. The van der Waals surface area contributed by atoms with Crippen LogP contribution in [0.1, 0.15) is 5.56 Å². The standard InChI is InChI=1S/C19H17ClN2O4/c1-25-14-5-3-11-7-12(19(24)22-16(11)10-14)8-18(23)21-13-4-6-17(26-2)15(20)9-13/h3-7,9-10H,8H2,1-2H3,(H,21,23)(H,22,24). The predicted molar refractivity (Wildman–Crippen MR) is 101 cm³/mol. The molecule has 7 heteroatoms. The minimum Gasteiger partial charge on any atom is -0.497 e. The lowest BCUT2D eigenvalue weighted by Crippen LogP contribution is -2.21. The Kier molecular flexibility index (Phi) is 5.14. The second-order valence-corrected chi connectivity index (χ2v) is 6.06. The zero-order valence-corrected chi connectivity index (χ0v) is 15.0. The zero-order valence-electron chi connectivity index (χ0n) is 14.3. The first-order valence-corrected chi connectivity index (χ1v) is 8.21. The summed E-state index contributed by atoms with van der Waals surface area (Å²) in [5, 5.41) is 3.94. The van der Waals surface area contributed by atoms with Crippen molar-refractivity contribution < 1.29 is 14.3 Å². The molecule has 1 amide bonds. The number of rotatable bonds is 5. The number of hydrogen-bond donors (Lipinski definition) is 2. The number of ether oxygens (including phenoxy) is 2. The van der Waals surface area contributed by atoms with E-state index in [-0.39, 0.29) is 17.9 Å². The van der Waals surface area contributed by atoms with E-state index in [1.807, 2.05) is 6.07 Å². The number of carbonyl (C=O) groups excluding carboxylic acids is 1. The maximum atomic E-state index is 12.3. The van der Waals surface area contributed by atoms with Crippen LogP contribution in [0, 0.1) is 0 Å². The maximum absolute atomic E-state index is 12.3. The number of aromatic amines is 1. The first-order valence-electron chi connectivity index (χ1n) is 7.83. The van der Waals surface area contributed by atoms with Gasteiger partial charge in [-0.1, -0.05) is 11.6 Å². The Morgan fingerprint density at radius 2 is 1.92 bits per heavy atom. The molecule has 0 fully saturated rings. The smallest absolute Gasteiger partial charge is 0.252 e. The number of aromatic nitrogens is 1. The van der Waals surface area contributed by atoms with E-state index >= 15 is 0 Å². The largest absolute Gasteiger partial charge is 0.497 e. The van der Waals surface area contributed by atoms with Gasteiger partial charge in [-0.25, -0.2) is 0 Å². The Morgan fingerprint density at radius 3 is 2.62 bits per heavy atom. The Morgan fingerprint density at radius 1 is 1.12 bits per heavy atom. The summed E-state index contributed by atoms with van der Waals surface area (Å²) in [7, 11) is 3.07. The molecule has 6 nitrogen and oxygen atoms in total. The lowest BCUT2D eigenvalue weighted by atomic mass is 10.1. The van der Waals surface area contributed by atoms with Crippen molar-refractivity contribution in [2.24, 2.45) is 0 Å². The fourth-order valence-corrected chi connectivity index (χ4v) is 2.86. The summed E-state index contributed by atoms with van der Waals surface area (Å²) in [5.41, 5.74) is 1.25. The van der Waals surface area contributed by atoms with Crippen LogP contribution in [0.4, 0.5) is 5.69 Å². The molecule has 26 heavy (non-hydrogen) atoms. The molecular formula is C19H17ClN2O4. The highest BCUT2D eigenvalue weighted by Gasteiger charge is 2.11. The molecule has 1 heterocycles. The molecular weight excluding hydrogens is 356 g/mol. The van der Waals surface area contributed by atoms with Gasteiger partial charge in [-0.2, -0.15) is 0 Å². The number of benzene rings is 2. The molecule has 0 aliphatic heterocycles. The van der Waals surface area contributed by atoms with E-state index in [1.165, 1.54) is 7.11 Å². The van der Waals surface area contributed by atoms with Gasteiger partial charge in [0.05, 0.1) is 31.2 Å². The molecule has 0 aliphatic carbocycles. The van der Waals surface area contributed by atoms with E-state index in [1.54, 1.807) is 43.5 Å². The maximum Gasteiger partial charge on any atom is 0.252 e. The molecule has 2 aromatic carbocycles. The summed E-state index contributed by atoms with van der Waals surface area (Å²) in [5.74, 6) is 0.852. The Bertz CT molecular complexity index is 1030. The Balaban J connectivity index is 1.79. The molecule has 3 aromatic rings. The van der Waals surface area contributed by atoms with Gasteiger partial charge in [-0.3, -0.25) is 9.59 Å². The fourth-order valence-electron chi connectivity index (χ4n) is 2.61. The minimum absolute atomic E-state index is 0.0546. The van der Waals surface area contributed by atoms with Crippen molar-refractivity contribution in [1.82, 2.24) is 4.98 Å². The van der Waals surface area contributed by atoms with Crippen molar-refractivity contribution >= 4 is 34.1 Å². The number of nitrogens with one attached hydrogen (secondary N) is 2. The van der Waals surface area contributed by atoms with Crippen molar-refractivity contribution in [3.05, 3.63) is 63.4 Å². The van der Waals surface area contributed by atoms with Gasteiger partial charge in [-0.05, 0) is 41.8 Å². The molecule has 1 aromatic heterocycles. The number of halogens is 1. The topological polar surface area (TPSA) is 80.4 Å². The summed E-state index contributed by atoms with van der Waals surface area (Å²) in [6.07, 6.45) is -0.0546. The Hall–Kier alpha value is -2.99. The van der Waals surface area contributed by atoms with E-state index in [9.17, 15) is 9.59 Å². The molecule has 3 rings (SSSR count). The van der Waals surface area contributed by atoms with Crippen molar-refractivity contribution in [1.29, 1.82) is 0 Å². The van der Waals surface area contributed by atoms with Gasteiger partial charge in [0.2, 0.25) is 5.91 Å². The van der Waals surface area contributed by atoms with Gasteiger partial charge < -0.3 is 19.8 Å². The van der Waals surface area contributed by atoms with Crippen molar-refractivity contribution in [2.75, 3.05) is 19.5 Å². The number of fused-ring (bicyclic) bond motifs is 1. The molecule has 0 spiro atoms. The lowest BCUT2D eigenvalue weighted by Gasteiger charge is -2.09. The monoisotopic (exact) mass is 372 g/mol. The van der Waals surface area contributed by atoms with Crippen LogP contribution in [-0.2, 0) is 11.2 Å². The number of hydrogen-bond acceptors (Lipinski definition) is 4. The summed E-state index contributed by atoms with van der Waals surface area (Å²) in [6, 6.07) is 12.0. The van der Waals surface area contributed by atoms with Crippen molar-refractivity contribution in [2.45, 2.75) is 6.42 Å². The van der Waals surface area contributed by atoms with Crippen LogP contribution >= 0.6 is 11.6 Å². The van der Waals surface area contributed by atoms with E-state index < -0.39 is 0 Å². The van der Waals surface area contributed by atoms with Crippen LogP contribution in [0.15, 0.2) is 47.3 Å². The van der Waals surface area contributed by atoms with Gasteiger partial charge in [0.25, 0.3) is 5.56 Å². The van der Waals surface area contributed by atoms with Crippen molar-refractivity contribution in [3.63, 3.8) is 0 Å². The van der Waals surface area contributed by atoms with Crippen molar-refractivity contribution in [3.8, 4) is 11.5 Å². The summed E-state index contributed by atoms with van der Waals surface area (Å²) < 4.78 is 10.2. The van der Waals surface area contributed by atoms with Gasteiger partial charge in [-0.15, -0.1) is 0 Å². The number of carbonyl (C=O) groups is 1. The second kappa shape index (κ2) is 7.49. The average Bonchev–Trinajstić information content (AvgIpc) is 2.62. The number of methoxy groups -OCH3 is 2. The predicted octanol–water partition coefficient (Wildman–Crippen LogP) is 3.38. The summed E-state index contributed by atoms with van der Waals surface area (Å²) >= 11 is 6.05. The van der Waals surface area contributed by atoms with E-state index in [0.29, 0.717) is 33.3 Å². The number of H-pyrrole nitrogens is 1. The number of amides is 1. The third kappa shape index (κ3) is 3.81. The van der Waals surface area contributed by atoms with Crippen LogP contribution in [0.5, 0.6) is 11.5 Å². The molecule has 0 aliphatic rings. The first kappa shape index (κ1) is 17.8. The van der Waals surface area contributed by atoms with Crippen LogP contribution in [0.2, 0.25) is 5.02 Å². The molecule has 0 atom stereocenters. The molecule has 0 bridgehead atoms. The third-order valence-corrected chi connectivity index (χ3v) is 4.21. The molecule has 0 saturated carbocycles.